The zero-order valence-corrected chi connectivity index (χ0v) is 8.59. The summed E-state index contributed by atoms with van der Waals surface area (Å²) in [5, 5.41) is 7.92. The molecule has 0 aromatic carbocycles. The van der Waals surface area contributed by atoms with Crippen LogP contribution >= 0.6 is 0 Å². The lowest BCUT2D eigenvalue weighted by atomic mass is 10.3. The largest absolute Gasteiger partial charge is 0.384 e. The average molecular weight is 203 g/mol. The molecule has 5 heteroatoms. The fraction of sp³-hybridized carbons (Fsp3) is 0.300. The van der Waals surface area contributed by atoms with Gasteiger partial charge in [-0.25, -0.2) is 4.98 Å². The van der Waals surface area contributed by atoms with E-state index in [9.17, 15) is 0 Å². The first-order chi connectivity index (χ1) is 7.31. The van der Waals surface area contributed by atoms with Crippen LogP contribution < -0.4 is 5.73 Å². The SMILES string of the molecule is CCCn1cnnc1-c1cccc(N)n1. The van der Waals surface area contributed by atoms with E-state index in [-0.39, 0.29) is 0 Å². The van der Waals surface area contributed by atoms with Gasteiger partial charge in [0.05, 0.1) is 0 Å². The van der Waals surface area contributed by atoms with Gasteiger partial charge in [0, 0.05) is 6.54 Å². The lowest BCUT2D eigenvalue weighted by Gasteiger charge is -2.04. The molecule has 78 valence electrons. The Labute approximate surface area is 88.0 Å². The molecule has 2 aromatic heterocycles. The number of anilines is 1. The molecule has 0 fully saturated rings. The Morgan fingerprint density at radius 2 is 2.27 bits per heavy atom. The highest BCUT2D eigenvalue weighted by atomic mass is 15.3. The summed E-state index contributed by atoms with van der Waals surface area (Å²) in [5.74, 6) is 1.27. The monoisotopic (exact) mass is 203 g/mol. The van der Waals surface area contributed by atoms with E-state index in [2.05, 4.69) is 22.1 Å². The molecular weight excluding hydrogens is 190 g/mol. The smallest absolute Gasteiger partial charge is 0.182 e. The fourth-order valence-corrected chi connectivity index (χ4v) is 1.43. The lowest BCUT2D eigenvalue weighted by molar-refractivity contribution is 0.681. The molecule has 0 aliphatic rings. The molecule has 0 amide bonds. The van der Waals surface area contributed by atoms with Crippen molar-refractivity contribution in [1.29, 1.82) is 0 Å². The minimum absolute atomic E-state index is 0.499. The van der Waals surface area contributed by atoms with Crippen LogP contribution in [0.3, 0.4) is 0 Å². The molecule has 0 aliphatic heterocycles. The van der Waals surface area contributed by atoms with Gasteiger partial charge in [0.25, 0.3) is 0 Å². The molecule has 0 atom stereocenters. The molecule has 0 saturated carbocycles. The van der Waals surface area contributed by atoms with E-state index in [1.165, 1.54) is 0 Å². The van der Waals surface area contributed by atoms with Gasteiger partial charge in [0.1, 0.15) is 17.8 Å². The van der Waals surface area contributed by atoms with Crippen molar-refractivity contribution in [3.05, 3.63) is 24.5 Å². The minimum atomic E-state index is 0.499. The van der Waals surface area contributed by atoms with Crippen molar-refractivity contribution in [3.8, 4) is 11.5 Å². The van der Waals surface area contributed by atoms with Gasteiger partial charge in [-0.05, 0) is 18.6 Å². The summed E-state index contributed by atoms with van der Waals surface area (Å²) in [4.78, 5) is 4.21. The van der Waals surface area contributed by atoms with Crippen LogP contribution in [0.2, 0.25) is 0 Å². The topological polar surface area (TPSA) is 69.6 Å². The Hall–Kier alpha value is -1.91. The van der Waals surface area contributed by atoms with Crippen LogP contribution in [0.1, 0.15) is 13.3 Å². The Morgan fingerprint density at radius 3 is 3.00 bits per heavy atom. The van der Waals surface area contributed by atoms with E-state index in [1.54, 1.807) is 12.4 Å². The number of hydrogen-bond donors (Lipinski definition) is 1. The first-order valence-corrected chi connectivity index (χ1v) is 4.92. The molecule has 0 radical (unpaired) electrons. The molecule has 0 unspecified atom stereocenters. The average Bonchev–Trinajstić information content (AvgIpc) is 2.66. The number of nitrogens with zero attached hydrogens (tertiary/aromatic N) is 4. The van der Waals surface area contributed by atoms with Gasteiger partial charge in [-0.1, -0.05) is 13.0 Å². The Kier molecular flexibility index (Phi) is 2.62. The van der Waals surface area contributed by atoms with E-state index in [4.69, 9.17) is 5.73 Å². The molecule has 0 spiro atoms. The standard InChI is InChI=1S/C10H13N5/c1-2-6-15-7-12-14-10(15)8-4-3-5-9(11)13-8/h3-5,7H,2,6H2,1H3,(H2,11,13). The summed E-state index contributed by atoms with van der Waals surface area (Å²) in [6.45, 7) is 3.00. The van der Waals surface area contributed by atoms with Crippen LogP contribution in [0.4, 0.5) is 5.82 Å². The van der Waals surface area contributed by atoms with Gasteiger partial charge in [0.2, 0.25) is 0 Å². The van der Waals surface area contributed by atoms with Gasteiger partial charge in [0.15, 0.2) is 5.82 Å². The Morgan fingerprint density at radius 1 is 1.40 bits per heavy atom. The van der Waals surface area contributed by atoms with Gasteiger partial charge < -0.3 is 10.3 Å². The molecule has 2 aromatic rings. The molecule has 2 rings (SSSR count). The summed E-state index contributed by atoms with van der Waals surface area (Å²) < 4.78 is 1.97. The number of nitrogens with two attached hydrogens (primary N) is 1. The fourth-order valence-electron chi connectivity index (χ4n) is 1.43. The minimum Gasteiger partial charge on any atom is -0.384 e. The Balaban J connectivity index is 2.40. The third kappa shape index (κ3) is 1.96. The van der Waals surface area contributed by atoms with E-state index in [0.29, 0.717) is 5.82 Å². The summed E-state index contributed by atoms with van der Waals surface area (Å²) >= 11 is 0. The maximum atomic E-state index is 5.62. The van der Waals surface area contributed by atoms with Crippen molar-refractivity contribution in [2.45, 2.75) is 19.9 Å². The number of nitrogen functional groups attached to an aromatic ring is 1. The molecular formula is C10H13N5. The number of aryl methyl sites for hydroxylation is 1. The van der Waals surface area contributed by atoms with E-state index >= 15 is 0 Å². The van der Waals surface area contributed by atoms with Crippen molar-refractivity contribution in [2.24, 2.45) is 0 Å². The molecule has 0 bridgehead atoms. The second-order valence-electron chi connectivity index (χ2n) is 3.30. The van der Waals surface area contributed by atoms with E-state index in [0.717, 1.165) is 24.5 Å². The van der Waals surface area contributed by atoms with Gasteiger partial charge in [-0.2, -0.15) is 0 Å². The maximum absolute atomic E-state index is 5.62. The van der Waals surface area contributed by atoms with Crippen LogP contribution in [0, 0.1) is 0 Å². The first-order valence-electron chi connectivity index (χ1n) is 4.92. The van der Waals surface area contributed by atoms with Gasteiger partial charge >= 0.3 is 0 Å². The first kappa shape index (κ1) is 9.64. The van der Waals surface area contributed by atoms with Crippen LogP contribution in [-0.2, 0) is 6.54 Å². The van der Waals surface area contributed by atoms with Crippen molar-refractivity contribution in [1.82, 2.24) is 19.7 Å². The molecule has 0 saturated heterocycles. The van der Waals surface area contributed by atoms with E-state index < -0.39 is 0 Å². The number of hydrogen-bond acceptors (Lipinski definition) is 4. The molecule has 5 nitrogen and oxygen atoms in total. The van der Waals surface area contributed by atoms with Gasteiger partial charge in [-0.3, -0.25) is 0 Å². The Bertz CT molecular complexity index is 449. The van der Waals surface area contributed by atoms with Crippen LogP contribution in [0.15, 0.2) is 24.5 Å². The highest BCUT2D eigenvalue weighted by molar-refractivity contribution is 5.52. The summed E-state index contributed by atoms with van der Waals surface area (Å²) in [6.07, 6.45) is 2.75. The second kappa shape index (κ2) is 4.08. The third-order valence-corrected chi connectivity index (χ3v) is 2.08. The highest BCUT2D eigenvalue weighted by Crippen LogP contribution is 2.15. The van der Waals surface area contributed by atoms with Crippen LogP contribution in [-0.4, -0.2) is 19.7 Å². The van der Waals surface area contributed by atoms with E-state index in [1.807, 2.05) is 16.7 Å². The van der Waals surface area contributed by atoms with Gasteiger partial charge in [-0.15, -0.1) is 10.2 Å². The van der Waals surface area contributed by atoms with Crippen molar-refractivity contribution < 1.29 is 0 Å². The molecule has 2 heterocycles. The predicted molar refractivity (Wildman–Crippen MR) is 58.0 cm³/mol. The number of rotatable bonds is 3. The lowest BCUT2D eigenvalue weighted by Crippen LogP contribution is -2.00. The summed E-state index contributed by atoms with van der Waals surface area (Å²) in [6, 6.07) is 5.50. The second-order valence-corrected chi connectivity index (χ2v) is 3.30. The van der Waals surface area contributed by atoms with Crippen LogP contribution in [0.25, 0.3) is 11.5 Å². The normalized spacial score (nSPS) is 10.5. The van der Waals surface area contributed by atoms with Crippen molar-refractivity contribution >= 4 is 5.82 Å². The highest BCUT2D eigenvalue weighted by Gasteiger charge is 2.07. The predicted octanol–water partition coefficient (Wildman–Crippen LogP) is 1.33. The summed E-state index contributed by atoms with van der Waals surface area (Å²) in [7, 11) is 0. The number of aromatic nitrogens is 4. The maximum Gasteiger partial charge on any atom is 0.182 e. The van der Waals surface area contributed by atoms with Crippen molar-refractivity contribution in [3.63, 3.8) is 0 Å². The quantitative estimate of drug-likeness (QED) is 0.817. The third-order valence-electron chi connectivity index (χ3n) is 2.08. The zero-order valence-electron chi connectivity index (χ0n) is 8.59. The molecule has 2 N–H and O–H groups in total. The number of pyridine rings is 1. The molecule has 15 heavy (non-hydrogen) atoms. The molecule has 0 aliphatic carbocycles. The van der Waals surface area contributed by atoms with Crippen molar-refractivity contribution in [2.75, 3.05) is 5.73 Å². The zero-order chi connectivity index (χ0) is 10.7. The van der Waals surface area contributed by atoms with Crippen LogP contribution in [0.5, 0.6) is 0 Å². The summed E-state index contributed by atoms with van der Waals surface area (Å²) in [5.41, 5.74) is 6.38.